The lowest BCUT2D eigenvalue weighted by molar-refractivity contribution is -0.384. The molecule has 0 fully saturated rings. The molecule has 0 amide bonds. The number of thiazole rings is 1. The molecule has 0 spiro atoms. The zero-order valence-electron chi connectivity index (χ0n) is 17.7. The van der Waals surface area contributed by atoms with Gasteiger partial charge in [-0.25, -0.2) is 4.98 Å². The van der Waals surface area contributed by atoms with Gasteiger partial charge in [0.15, 0.2) is 0 Å². The maximum atomic E-state index is 10.9. The van der Waals surface area contributed by atoms with Crippen LogP contribution in [0.15, 0.2) is 61.0 Å². The third-order valence-corrected chi connectivity index (χ3v) is 5.76. The zero-order valence-corrected chi connectivity index (χ0v) is 19.4. The smallest absolute Gasteiger partial charge is 0.269 e. The number of nitrogens with one attached hydrogen (secondary N) is 1. The Morgan fingerprint density at radius 3 is 2.52 bits per heavy atom. The van der Waals surface area contributed by atoms with Gasteiger partial charge in [-0.1, -0.05) is 48.3 Å². The molecule has 3 rings (SSSR count). The molecule has 0 radical (unpaired) electrons. The quantitative estimate of drug-likeness (QED) is 0.183. The summed E-state index contributed by atoms with van der Waals surface area (Å²) in [4.78, 5) is 15.2. The molecular weight excluding hydrogens is 430 g/mol. The summed E-state index contributed by atoms with van der Waals surface area (Å²) in [7, 11) is 0. The number of nitro groups is 1. The lowest BCUT2D eigenvalue weighted by Crippen LogP contribution is -2.14. The lowest BCUT2D eigenvalue weighted by Gasteiger charge is -2.16. The molecule has 0 saturated carbocycles. The minimum Gasteiger partial charge on any atom is -0.351 e. The molecule has 0 saturated heterocycles. The van der Waals surface area contributed by atoms with E-state index in [0.717, 1.165) is 32.0 Å². The van der Waals surface area contributed by atoms with Gasteiger partial charge in [-0.2, -0.15) is 0 Å². The van der Waals surface area contributed by atoms with E-state index in [9.17, 15) is 10.1 Å². The van der Waals surface area contributed by atoms with Crippen LogP contribution in [0.25, 0.3) is 5.57 Å². The van der Waals surface area contributed by atoms with Crippen molar-refractivity contribution in [1.82, 2.24) is 15.2 Å². The van der Waals surface area contributed by atoms with Crippen molar-refractivity contribution in [1.29, 1.82) is 0 Å². The Balaban J connectivity index is 0.00000107. The molecule has 9 heteroatoms. The fraction of sp³-hybridized carbons (Fsp3) is 0.227. The number of rotatable bonds is 8. The predicted octanol–water partition coefficient (Wildman–Crippen LogP) is 6.39. The number of non-ortho nitro benzene ring substituents is 1. The second-order valence-corrected chi connectivity index (χ2v) is 8.56. The maximum absolute atomic E-state index is 10.9. The highest BCUT2D eigenvalue weighted by molar-refractivity contribution is 7.15. The van der Waals surface area contributed by atoms with Crippen LogP contribution >= 0.6 is 22.7 Å². The van der Waals surface area contributed by atoms with E-state index in [-0.39, 0.29) is 11.7 Å². The standard InChI is InChI=1S/C19H19N5O2S2.C3H6/c1-4-5-12(2)18-20-17(11-27-18)16(21-19-23-22-13(3)28-19)10-14-6-8-15(9-7-14)24(25)26;1-3-2/h4-9,11,16H,1,10H2,2-3H3,(H,21,23);3H,1H2,2H3/b12-5+;/t16-;/m0./s1. The number of hydrogen-bond acceptors (Lipinski definition) is 8. The van der Waals surface area contributed by atoms with Crippen molar-refractivity contribution in [3.63, 3.8) is 0 Å². The van der Waals surface area contributed by atoms with Crippen molar-refractivity contribution < 1.29 is 4.92 Å². The highest BCUT2D eigenvalue weighted by Crippen LogP contribution is 2.29. The molecule has 2 heterocycles. The average molecular weight is 456 g/mol. The molecule has 0 unspecified atom stereocenters. The van der Waals surface area contributed by atoms with Crippen LogP contribution < -0.4 is 5.32 Å². The van der Waals surface area contributed by atoms with Gasteiger partial charge >= 0.3 is 0 Å². The molecule has 7 nitrogen and oxygen atoms in total. The number of allylic oxidation sites excluding steroid dienone is 4. The Kier molecular flexibility index (Phi) is 9.23. The van der Waals surface area contributed by atoms with Crippen LogP contribution in [0.2, 0.25) is 0 Å². The van der Waals surface area contributed by atoms with Crippen LogP contribution in [0.1, 0.15) is 41.2 Å². The van der Waals surface area contributed by atoms with Crippen LogP contribution in [0, 0.1) is 17.0 Å². The highest BCUT2D eigenvalue weighted by Gasteiger charge is 2.19. The summed E-state index contributed by atoms with van der Waals surface area (Å²) < 4.78 is 0. The zero-order chi connectivity index (χ0) is 22.8. The van der Waals surface area contributed by atoms with E-state index in [2.05, 4.69) is 28.7 Å². The van der Waals surface area contributed by atoms with Crippen molar-refractivity contribution >= 4 is 39.1 Å². The van der Waals surface area contributed by atoms with Crippen LogP contribution in [0.5, 0.6) is 0 Å². The number of anilines is 1. The molecule has 1 aromatic carbocycles. The normalized spacial score (nSPS) is 11.8. The summed E-state index contributed by atoms with van der Waals surface area (Å²) in [6.07, 6.45) is 6.03. The number of nitrogens with zero attached hydrogens (tertiary/aromatic N) is 4. The lowest BCUT2D eigenvalue weighted by atomic mass is 10.0. The topological polar surface area (TPSA) is 93.8 Å². The van der Waals surface area contributed by atoms with Crippen LogP contribution in [0.3, 0.4) is 0 Å². The predicted molar refractivity (Wildman–Crippen MR) is 130 cm³/mol. The third-order valence-electron chi connectivity index (χ3n) is 3.99. The minimum absolute atomic E-state index is 0.0779. The largest absolute Gasteiger partial charge is 0.351 e. The minimum atomic E-state index is -0.398. The highest BCUT2D eigenvalue weighted by atomic mass is 32.1. The van der Waals surface area contributed by atoms with Gasteiger partial charge in [-0.15, -0.1) is 28.1 Å². The van der Waals surface area contributed by atoms with Crippen molar-refractivity contribution in [2.75, 3.05) is 5.32 Å². The van der Waals surface area contributed by atoms with Crippen molar-refractivity contribution in [2.24, 2.45) is 0 Å². The Labute approximate surface area is 190 Å². The van der Waals surface area contributed by atoms with Gasteiger partial charge in [0.05, 0.1) is 16.7 Å². The second kappa shape index (κ2) is 11.9. The number of aryl methyl sites for hydroxylation is 1. The summed E-state index contributed by atoms with van der Waals surface area (Å²) in [5, 5.41) is 27.0. The Morgan fingerprint density at radius 1 is 1.29 bits per heavy atom. The first-order valence-electron chi connectivity index (χ1n) is 9.50. The van der Waals surface area contributed by atoms with Crippen LogP contribution in [-0.2, 0) is 6.42 Å². The van der Waals surface area contributed by atoms with Gasteiger partial charge in [-0.3, -0.25) is 10.1 Å². The number of aromatic nitrogens is 3. The molecule has 1 atom stereocenters. The van der Waals surface area contributed by atoms with Gasteiger partial charge in [0.25, 0.3) is 5.69 Å². The van der Waals surface area contributed by atoms with Crippen molar-refractivity contribution in [3.05, 3.63) is 92.4 Å². The summed E-state index contributed by atoms with van der Waals surface area (Å²) in [6.45, 7) is 12.9. The number of hydrogen-bond donors (Lipinski definition) is 1. The SMILES string of the molecule is C=C/C=C(\C)c1nc([C@H](Cc2ccc([N+](=O)[O-])cc2)Nc2nnc(C)s2)cs1.C=CC. The van der Waals surface area contributed by atoms with Crippen LogP contribution in [0.4, 0.5) is 10.8 Å². The molecule has 0 bridgehead atoms. The van der Waals surface area contributed by atoms with Gasteiger partial charge in [-0.05, 0) is 38.3 Å². The van der Waals surface area contributed by atoms with E-state index in [0.29, 0.717) is 6.42 Å². The molecule has 0 aliphatic heterocycles. The number of nitro benzene ring substituents is 1. The van der Waals surface area contributed by atoms with Gasteiger partial charge in [0, 0.05) is 17.5 Å². The summed E-state index contributed by atoms with van der Waals surface area (Å²) in [6, 6.07) is 6.45. The van der Waals surface area contributed by atoms with Crippen molar-refractivity contribution in [2.45, 2.75) is 33.2 Å². The maximum Gasteiger partial charge on any atom is 0.269 e. The molecule has 31 heavy (non-hydrogen) atoms. The Hall–Kier alpha value is -3.17. The fourth-order valence-electron chi connectivity index (χ4n) is 2.60. The van der Waals surface area contributed by atoms with Gasteiger partial charge in [0.2, 0.25) is 5.13 Å². The third kappa shape index (κ3) is 7.23. The summed E-state index contributed by atoms with van der Waals surface area (Å²) in [5.74, 6) is 0. The molecule has 1 N–H and O–H groups in total. The average Bonchev–Trinajstić information content (AvgIpc) is 3.38. The molecule has 0 aliphatic carbocycles. The van der Waals surface area contributed by atoms with E-state index in [1.165, 1.54) is 23.5 Å². The van der Waals surface area contributed by atoms with E-state index in [4.69, 9.17) is 4.98 Å². The second-order valence-electron chi connectivity index (χ2n) is 6.52. The Morgan fingerprint density at radius 2 is 1.97 bits per heavy atom. The summed E-state index contributed by atoms with van der Waals surface area (Å²) in [5.41, 5.74) is 2.99. The first-order chi connectivity index (χ1) is 14.9. The van der Waals surface area contributed by atoms with E-state index >= 15 is 0 Å². The summed E-state index contributed by atoms with van der Waals surface area (Å²) >= 11 is 3.05. The molecule has 2 aromatic heterocycles. The first kappa shape index (κ1) is 24.1. The molecule has 3 aromatic rings. The van der Waals surface area contributed by atoms with E-state index in [1.807, 2.05) is 32.2 Å². The Bertz CT molecular complexity index is 1050. The first-order valence-corrected chi connectivity index (χ1v) is 11.2. The van der Waals surface area contributed by atoms with Gasteiger partial charge in [0.1, 0.15) is 10.0 Å². The van der Waals surface area contributed by atoms with Crippen LogP contribution in [-0.4, -0.2) is 20.1 Å². The molecular formula is C22H25N5O2S2. The van der Waals surface area contributed by atoms with E-state index in [1.54, 1.807) is 35.6 Å². The monoisotopic (exact) mass is 455 g/mol. The number of benzene rings is 1. The molecule has 162 valence electrons. The van der Waals surface area contributed by atoms with Gasteiger partial charge < -0.3 is 5.32 Å². The molecule has 0 aliphatic rings. The fourth-order valence-corrected chi connectivity index (χ4v) is 4.10. The van der Waals surface area contributed by atoms with Crippen molar-refractivity contribution in [3.8, 4) is 0 Å². The van der Waals surface area contributed by atoms with E-state index < -0.39 is 4.92 Å².